The lowest BCUT2D eigenvalue weighted by atomic mass is 10.1. The van der Waals surface area contributed by atoms with Crippen LogP contribution in [0.2, 0.25) is 5.02 Å². The van der Waals surface area contributed by atoms with Crippen molar-refractivity contribution in [3.63, 3.8) is 0 Å². The van der Waals surface area contributed by atoms with Crippen molar-refractivity contribution in [3.05, 3.63) is 81.1 Å². The van der Waals surface area contributed by atoms with Gasteiger partial charge >= 0.3 is 0 Å². The highest BCUT2D eigenvalue weighted by Gasteiger charge is 2.15. The Morgan fingerprint density at radius 2 is 2.04 bits per heavy atom. The molecule has 0 aliphatic heterocycles. The molecule has 0 radical (unpaired) electrons. The molecule has 28 heavy (non-hydrogen) atoms. The number of amides is 1. The van der Waals surface area contributed by atoms with Gasteiger partial charge in [0.15, 0.2) is 0 Å². The van der Waals surface area contributed by atoms with Gasteiger partial charge in [0.05, 0.1) is 40.5 Å². The van der Waals surface area contributed by atoms with Gasteiger partial charge < -0.3 is 9.15 Å². The molecule has 0 aliphatic rings. The molecule has 0 saturated heterocycles. The number of nitrogens with one attached hydrogen (secondary N) is 1. The zero-order valence-electron chi connectivity index (χ0n) is 14.6. The number of rotatable bonds is 6. The molecule has 142 valence electrons. The Morgan fingerprint density at radius 3 is 2.75 bits per heavy atom. The molecule has 1 aromatic heterocycles. The van der Waals surface area contributed by atoms with E-state index in [2.05, 4.69) is 10.5 Å². The molecule has 9 heteroatoms. The summed E-state index contributed by atoms with van der Waals surface area (Å²) in [6.45, 7) is 0. The molecule has 1 heterocycles. The summed E-state index contributed by atoms with van der Waals surface area (Å²) in [6, 6.07) is 14.1. The molecule has 0 atom stereocenters. The molecule has 0 spiro atoms. The van der Waals surface area contributed by atoms with Crippen molar-refractivity contribution < 1.29 is 18.9 Å². The van der Waals surface area contributed by atoms with E-state index in [1.807, 2.05) is 0 Å². The molecule has 3 aromatic rings. The number of methoxy groups -OCH3 is 1. The van der Waals surface area contributed by atoms with E-state index >= 15 is 0 Å². The minimum atomic E-state index is -0.506. The lowest BCUT2D eigenvalue weighted by Gasteiger charge is -2.05. The lowest BCUT2D eigenvalue weighted by molar-refractivity contribution is -0.384. The molecule has 0 bridgehead atoms. The van der Waals surface area contributed by atoms with Crippen LogP contribution in [0.3, 0.4) is 0 Å². The number of non-ortho nitro benzene ring substituents is 1. The minimum Gasteiger partial charge on any atom is -0.496 e. The molecule has 0 fully saturated rings. The van der Waals surface area contributed by atoms with Gasteiger partial charge in [-0.15, -0.1) is 0 Å². The van der Waals surface area contributed by atoms with Gasteiger partial charge in [0.25, 0.3) is 11.6 Å². The molecule has 8 nitrogen and oxygen atoms in total. The van der Waals surface area contributed by atoms with Gasteiger partial charge in [-0.25, -0.2) is 5.43 Å². The fourth-order valence-electron chi connectivity index (χ4n) is 2.42. The van der Waals surface area contributed by atoms with Gasteiger partial charge in [-0.3, -0.25) is 14.9 Å². The van der Waals surface area contributed by atoms with Crippen molar-refractivity contribution in [2.24, 2.45) is 5.10 Å². The van der Waals surface area contributed by atoms with E-state index in [4.69, 9.17) is 20.8 Å². The summed E-state index contributed by atoms with van der Waals surface area (Å²) in [4.78, 5) is 22.4. The predicted octanol–water partition coefficient (Wildman–Crippen LogP) is 4.28. The lowest BCUT2D eigenvalue weighted by Crippen LogP contribution is -2.17. The van der Waals surface area contributed by atoms with Crippen molar-refractivity contribution >= 4 is 29.4 Å². The van der Waals surface area contributed by atoms with Crippen LogP contribution >= 0.6 is 11.6 Å². The van der Waals surface area contributed by atoms with Gasteiger partial charge in [0.2, 0.25) is 0 Å². The standard InChI is InChI=1S/C19H14ClN3O5/c1-27-18-10-12(23(25)26)6-8-15(18)17-9-7-13(28-17)11-21-22-19(24)14-4-2-3-5-16(14)20/h2-11H,1H3,(H,22,24)/b21-11-. The monoisotopic (exact) mass is 399 g/mol. The second-order valence-corrected chi connectivity index (χ2v) is 5.93. The Kier molecular flexibility index (Phi) is 5.71. The van der Waals surface area contributed by atoms with Gasteiger partial charge in [-0.2, -0.15) is 5.10 Å². The minimum absolute atomic E-state index is 0.0868. The van der Waals surface area contributed by atoms with E-state index in [1.165, 1.54) is 31.5 Å². The highest BCUT2D eigenvalue weighted by molar-refractivity contribution is 6.33. The number of benzene rings is 2. The molecule has 2 aromatic carbocycles. The maximum absolute atomic E-state index is 12.0. The normalized spacial score (nSPS) is 10.8. The summed E-state index contributed by atoms with van der Waals surface area (Å²) >= 11 is 5.96. The number of hydrazone groups is 1. The van der Waals surface area contributed by atoms with E-state index in [0.29, 0.717) is 33.4 Å². The van der Waals surface area contributed by atoms with E-state index in [0.717, 1.165) is 0 Å². The Labute approximate surface area is 164 Å². The summed E-state index contributed by atoms with van der Waals surface area (Å²) < 4.78 is 10.9. The fraction of sp³-hybridized carbons (Fsp3) is 0.0526. The highest BCUT2D eigenvalue weighted by atomic mass is 35.5. The van der Waals surface area contributed by atoms with Crippen molar-refractivity contribution in [2.75, 3.05) is 7.11 Å². The third-order valence-electron chi connectivity index (χ3n) is 3.76. The Morgan fingerprint density at radius 1 is 1.25 bits per heavy atom. The van der Waals surface area contributed by atoms with Crippen LogP contribution in [0.5, 0.6) is 5.75 Å². The first-order valence-corrected chi connectivity index (χ1v) is 8.38. The molecule has 0 unspecified atom stereocenters. The Balaban J connectivity index is 1.74. The summed E-state index contributed by atoms with van der Waals surface area (Å²) in [5, 5.41) is 15.1. The average molecular weight is 400 g/mol. The number of ether oxygens (including phenoxy) is 1. The number of carbonyl (C=O) groups excluding carboxylic acids is 1. The molecular weight excluding hydrogens is 386 g/mol. The highest BCUT2D eigenvalue weighted by Crippen LogP contribution is 2.34. The second kappa shape index (κ2) is 8.36. The van der Waals surface area contributed by atoms with E-state index < -0.39 is 10.8 Å². The van der Waals surface area contributed by atoms with Gasteiger partial charge in [0, 0.05) is 6.07 Å². The van der Waals surface area contributed by atoms with Crippen LogP contribution in [0, 0.1) is 10.1 Å². The topological polar surface area (TPSA) is 107 Å². The number of halogens is 1. The third kappa shape index (κ3) is 4.18. The van der Waals surface area contributed by atoms with Crippen molar-refractivity contribution in [3.8, 4) is 17.1 Å². The Bertz CT molecular complexity index is 1060. The molecule has 1 N–H and O–H groups in total. The van der Waals surface area contributed by atoms with E-state index in [1.54, 1.807) is 36.4 Å². The number of hydrogen-bond donors (Lipinski definition) is 1. The molecule has 0 aliphatic carbocycles. The average Bonchev–Trinajstić information content (AvgIpc) is 3.16. The number of nitro benzene ring substituents is 1. The molecule has 3 rings (SSSR count). The van der Waals surface area contributed by atoms with Gasteiger partial charge in [-0.05, 0) is 30.3 Å². The maximum atomic E-state index is 12.0. The van der Waals surface area contributed by atoms with Crippen LogP contribution in [0.1, 0.15) is 16.1 Å². The van der Waals surface area contributed by atoms with Crippen molar-refractivity contribution in [1.29, 1.82) is 0 Å². The summed E-state index contributed by atoms with van der Waals surface area (Å²) in [6.07, 6.45) is 1.33. The van der Waals surface area contributed by atoms with Crippen LogP contribution in [-0.4, -0.2) is 24.2 Å². The number of nitro groups is 1. The van der Waals surface area contributed by atoms with Gasteiger partial charge in [0.1, 0.15) is 17.3 Å². The van der Waals surface area contributed by atoms with Crippen molar-refractivity contribution in [2.45, 2.75) is 0 Å². The quantitative estimate of drug-likeness (QED) is 0.378. The van der Waals surface area contributed by atoms with Crippen LogP contribution in [-0.2, 0) is 0 Å². The third-order valence-corrected chi connectivity index (χ3v) is 4.09. The van der Waals surface area contributed by atoms with E-state index in [9.17, 15) is 14.9 Å². The zero-order valence-corrected chi connectivity index (χ0v) is 15.3. The first kappa shape index (κ1) is 19.1. The fourth-order valence-corrected chi connectivity index (χ4v) is 2.65. The van der Waals surface area contributed by atoms with E-state index in [-0.39, 0.29) is 5.69 Å². The van der Waals surface area contributed by atoms with Crippen LogP contribution in [0.15, 0.2) is 64.1 Å². The number of hydrogen-bond acceptors (Lipinski definition) is 6. The molecular formula is C19H14ClN3O5. The predicted molar refractivity (Wildman–Crippen MR) is 104 cm³/mol. The smallest absolute Gasteiger partial charge is 0.273 e. The van der Waals surface area contributed by atoms with Crippen molar-refractivity contribution in [1.82, 2.24) is 5.43 Å². The molecule has 1 amide bonds. The van der Waals surface area contributed by atoms with Crippen LogP contribution < -0.4 is 10.2 Å². The SMILES string of the molecule is COc1cc([N+](=O)[O-])ccc1-c1ccc(/C=N\NC(=O)c2ccccc2Cl)o1. The second-order valence-electron chi connectivity index (χ2n) is 5.52. The summed E-state index contributed by atoms with van der Waals surface area (Å²) in [7, 11) is 1.41. The largest absolute Gasteiger partial charge is 0.496 e. The zero-order chi connectivity index (χ0) is 20.1. The number of furan rings is 1. The van der Waals surface area contributed by atoms with Gasteiger partial charge in [-0.1, -0.05) is 23.7 Å². The molecule has 0 saturated carbocycles. The van der Waals surface area contributed by atoms with Crippen LogP contribution in [0.4, 0.5) is 5.69 Å². The number of nitrogens with zero attached hydrogens (tertiary/aromatic N) is 2. The number of carbonyl (C=O) groups is 1. The first-order chi connectivity index (χ1) is 13.5. The summed E-state index contributed by atoms with van der Waals surface area (Å²) in [5.41, 5.74) is 3.13. The Hall–Kier alpha value is -3.65. The first-order valence-electron chi connectivity index (χ1n) is 8.00. The van der Waals surface area contributed by atoms with Crippen LogP contribution in [0.25, 0.3) is 11.3 Å². The summed E-state index contributed by atoms with van der Waals surface area (Å²) in [5.74, 6) is 0.658. The maximum Gasteiger partial charge on any atom is 0.273 e.